The minimum Gasteiger partial charge on any atom is -0.370 e. The van der Waals surface area contributed by atoms with Gasteiger partial charge in [0.2, 0.25) is 17.7 Å². The van der Waals surface area contributed by atoms with Crippen molar-refractivity contribution in [2.24, 2.45) is 11.7 Å². The lowest BCUT2D eigenvalue weighted by Gasteiger charge is -2.33. The zero-order valence-corrected chi connectivity index (χ0v) is 26.9. The highest BCUT2D eigenvalue weighted by molar-refractivity contribution is 7.98. The summed E-state index contributed by atoms with van der Waals surface area (Å²) in [6.07, 6.45) is 6.23. The predicted molar refractivity (Wildman–Crippen MR) is 169 cm³/mol. The van der Waals surface area contributed by atoms with Crippen molar-refractivity contribution in [2.75, 3.05) is 30.9 Å². The maximum atomic E-state index is 13.3. The molecule has 8 N–H and O–H groups in total. The van der Waals surface area contributed by atoms with E-state index in [-0.39, 0.29) is 29.7 Å². The van der Waals surface area contributed by atoms with E-state index in [9.17, 15) is 24.0 Å². The summed E-state index contributed by atoms with van der Waals surface area (Å²) >= 11 is 5.91. The molecule has 0 bridgehead atoms. The van der Waals surface area contributed by atoms with Crippen LogP contribution in [-0.4, -0.2) is 108 Å². The fraction of sp³-hybridized carbons (Fsp3) is 0.778. The number of nitrogens with one attached hydrogen (secondary N) is 6. The first kappa shape index (κ1) is 37.7. The highest BCUT2D eigenvalue weighted by Gasteiger charge is 2.36. The Labute approximate surface area is 259 Å². The number of hydrogen-bond acceptors (Lipinski definition) is 10. The lowest BCUT2D eigenvalue weighted by atomic mass is 10.0. The fourth-order valence-corrected chi connectivity index (χ4v) is 5.59. The molecule has 1 aliphatic heterocycles. The van der Waals surface area contributed by atoms with Gasteiger partial charge in [-0.3, -0.25) is 30.0 Å². The van der Waals surface area contributed by atoms with Crippen LogP contribution >= 0.6 is 24.4 Å². The zero-order chi connectivity index (χ0) is 31.7. The minimum absolute atomic E-state index is 0.148. The first-order valence-electron chi connectivity index (χ1n) is 14.5. The quantitative estimate of drug-likeness (QED) is 0.0271. The summed E-state index contributed by atoms with van der Waals surface area (Å²) in [5.74, 6) is -0.194. The number of nitrogens with zero attached hydrogens (tertiary/aromatic N) is 1. The number of hydrogen-bond donors (Lipinski definition) is 8. The number of carbonyl (C=O) groups excluding carboxylic acids is 5. The Morgan fingerprint density at radius 2 is 1.71 bits per heavy atom. The smallest absolute Gasteiger partial charge is 0.243 e. The number of carbonyl (C=O) groups is 5. The van der Waals surface area contributed by atoms with Crippen molar-refractivity contribution in [1.29, 1.82) is 5.41 Å². The Morgan fingerprint density at radius 1 is 1.05 bits per heavy atom. The first-order chi connectivity index (χ1) is 20.0. The van der Waals surface area contributed by atoms with Crippen LogP contribution in [0.2, 0.25) is 0 Å². The van der Waals surface area contributed by atoms with Crippen LogP contribution in [0.1, 0.15) is 59.3 Å². The van der Waals surface area contributed by atoms with Crippen LogP contribution in [0.5, 0.6) is 0 Å². The number of guanidine groups is 1. The molecule has 1 saturated heterocycles. The molecule has 6 atom stereocenters. The summed E-state index contributed by atoms with van der Waals surface area (Å²) in [5, 5.41) is 21.5. The van der Waals surface area contributed by atoms with Crippen LogP contribution in [0.4, 0.5) is 0 Å². The van der Waals surface area contributed by atoms with Crippen LogP contribution < -0.4 is 32.3 Å². The van der Waals surface area contributed by atoms with E-state index in [0.717, 1.165) is 12.7 Å². The number of aldehydes is 2. The van der Waals surface area contributed by atoms with Gasteiger partial charge in [-0.05, 0) is 63.4 Å². The van der Waals surface area contributed by atoms with E-state index < -0.39 is 42.0 Å². The number of thioether (sulfide) groups is 1. The number of amides is 3. The Balaban J connectivity index is 2.81. The van der Waals surface area contributed by atoms with E-state index in [1.807, 2.05) is 31.9 Å². The van der Waals surface area contributed by atoms with Gasteiger partial charge in [0.25, 0.3) is 0 Å². The second-order valence-electron chi connectivity index (χ2n) is 10.9. The van der Waals surface area contributed by atoms with Crippen molar-refractivity contribution < 1.29 is 24.0 Å². The maximum Gasteiger partial charge on any atom is 0.243 e. The number of thiol groups is 1. The van der Waals surface area contributed by atoms with Gasteiger partial charge in [0.1, 0.15) is 18.6 Å². The lowest BCUT2D eigenvalue weighted by Crippen LogP contribution is -2.60. The summed E-state index contributed by atoms with van der Waals surface area (Å²) in [5.41, 5.74) is 5.27. The van der Waals surface area contributed by atoms with E-state index >= 15 is 0 Å². The molecule has 1 unspecified atom stereocenters. The topological polar surface area (TPSA) is 199 Å². The summed E-state index contributed by atoms with van der Waals surface area (Å²) in [4.78, 5) is 64.3. The summed E-state index contributed by atoms with van der Waals surface area (Å²) < 4.78 is 0. The molecule has 240 valence electrons. The standard InChI is InChI=1S/C27H50N8O5S2/c1-17(2)13-20(15-37)33-24(38)21(9-12-42-4)34-25(39)22(16-41)31-18(3)35-11-6-8-23(35)26(40)32-19(14-36)7-5-10-30-27(28)29/h14-15,17-23,31,41H,5-13,16H2,1-4H3,(H,32,40)(H,33,38)(H,34,39)(H4,28,29,30)/t18?,19-,20-,21-,22-,23-/m0/s1. The third-order valence-electron chi connectivity index (χ3n) is 7.00. The summed E-state index contributed by atoms with van der Waals surface area (Å²) in [6.45, 7) is 6.84. The van der Waals surface area contributed by atoms with Crippen LogP contribution in [0, 0.1) is 11.3 Å². The van der Waals surface area contributed by atoms with Gasteiger partial charge in [-0.1, -0.05) is 13.8 Å². The predicted octanol–water partition coefficient (Wildman–Crippen LogP) is -0.401. The number of rotatable bonds is 21. The average Bonchev–Trinajstić information content (AvgIpc) is 3.44. The Hall–Kier alpha value is -2.36. The molecule has 1 aliphatic rings. The molecular weight excluding hydrogens is 580 g/mol. The van der Waals surface area contributed by atoms with Crippen LogP contribution in [0.15, 0.2) is 0 Å². The van der Waals surface area contributed by atoms with Gasteiger partial charge in [0.05, 0.1) is 30.3 Å². The Kier molecular flexibility index (Phi) is 18.4. The molecule has 0 spiro atoms. The van der Waals surface area contributed by atoms with Gasteiger partial charge in [-0.2, -0.15) is 24.4 Å². The second kappa shape index (κ2) is 20.5. The molecule has 0 radical (unpaired) electrons. The molecule has 42 heavy (non-hydrogen) atoms. The van der Waals surface area contributed by atoms with E-state index in [1.165, 1.54) is 0 Å². The minimum atomic E-state index is -0.810. The first-order valence-corrected chi connectivity index (χ1v) is 16.5. The van der Waals surface area contributed by atoms with Crippen LogP contribution in [0.25, 0.3) is 0 Å². The van der Waals surface area contributed by atoms with Crippen molar-refractivity contribution in [1.82, 2.24) is 31.5 Å². The highest BCUT2D eigenvalue weighted by atomic mass is 32.2. The van der Waals surface area contributed by atoms with Crippen molar-refractivity contribution >= 4 is 60.6 Å². The molecule has 0 aliphatic carbocycles. The molecule has 1 rings (SSSR count). The number of likely N-dealkylation sites (tertiary alicyclic amines) is 1. The fourth-order valence-electron chi connectivity index (χ4n) is 4.85. The SMILES string of the molecule is CSCC[C@H](NC(=O)[C@H](CS)NC(C)N1CCC[C@H]1C(=O)N[C@H](C=O)CCCNC(=N)N)C(=O)N[C@H](C=O)CC(C)C. The van der Waals surface area contributed by atoms with Crippen molar-refractivity contribution in [2.45, 2.75) is 95.7 Å². The highest BCUT2D eigenvalue weighted by Crippen LogP contribution is 2.20. The van der Waals surface area contributed by atoms with Gasteiger partial charge < -0.3 is 36.6 Å². The monoisotopic (exact) mass is 630 g/mol. The molecule has 0 aromatic rings. The third-order valence-corrected chi connectivity index (χ3v) is 8.01. The molecule has 15 heteroatoms. The van der Waals surface area contributed by atoms with E-state index in [0.29, 0.717) is 57.2 Å². The molecule has 0 aromatic carbocycles. The van der Waals surface area contributed by atoms with Crippen LogP contribution in [0.3, 0.4) is 0 Å². The van der Waals surface area contributed by atoms with Crippen molar-refractivity contribution in [3.63, 3.8) is 0 Å². The lowest BCUT2D eigenvalue weighted by molar-refractivity contribution is -0.131. The van der Waals surface area contributed by atoms with E-state index in [2.05, 4.69) is 39.2 Å². The Morgan fingerprint density at radius 3 is 2.29 bits per heavy atom. The van der Waals surface area contributed by atoms with Gasteiger partial charge in [-0.25, -0.2) is 0 Å². The molecule has 0 saturated carbocycles. The molecular formula is C27H50N8O5S2. The largest absolute Gasteiger partial charge is 0.370 e. The normalized spacial score (nSPS) is 18.8. The second-order valence-corrected chi connectivity index (χ2v) is 12.3. The summed E-state index contributed by atoms with van der Waals surface area (Å²) in [7, 11) is 0. The van der Waals surface area contributed by atoms with Crippen molar-refractivity contribution in [3.8, 4) is 0 Å². The van der Waals surface area contributed by atoms with Gasteiger partial charge in [-0.15, -0.1) is 0 Å². The zero-order valence-electron chi connectivity index (χ0n) is 25.2. The van der Waals surface area contributed by atoms with E-state index in [4.69, 9.17) is 11.1 Å². The maximum absolute atomic E-state index is 13.3. The van der Waals surface area contributed by atoms with Gasteiger partial charge in [0.15, 0.2) is 5.96 Å². The van der Waals surface area contributed by atoms with E-state index in [1.54, 1.807) is 11.8 Å². The van der Waals surface area contributed by atoms with Crippen LogP contribution in [-0.2, 0) is 24.0 Å². The molecule has 13 nitrogen and oxygen atoms in total. The van der Waals surface area contributed by atoms with Gasteiger partial charge >= 0.3 is 0 Å². The summed E-state index contributed by atoms with van der Waals surface area (Å²) in [6, 6.07) is -3.31. The number of nitrogens with two attached hydrogens (primary N) is 1. The molecule has 0 aromatic heterocycles. The third kappa shape index (κ3) is 13.7. The molecule has 1 fully saturated rings. The Bertz CT molecular complexity index is 897. The van der Waals surface area contributed by atoms with Gasteiger partial charge in [0, 0.05) is 18.8 Å². The molecule has 1 heterocycles. The average molecular weight is 631 g/mol. The van der Waals surface area contributed by atoms with Crippen molar-refractivity contribution in [3.05, 3.63) is 0 Å². The molecule has 3 amide bonds.